The van der Waals surface area contributed by atoms with E-state index in [9.17, 15) is 4.79 Å². The Morgan fingerprint density at radius 2 is 2.00 bits per heavy atom. The maximum atomic E-state index is 12.1. The van der Waals surface area contributed by atoms with Crippen molar-refractivity contribution in [2.75, 3.05) is 39.8 Å². The third-order valence-corrected chi connectivity index (χ3v) is 4.23. The van der Waals surface area contributed by atoms with Crippen molar-refractivity contribution >= 4 is 12.5 Å². The van der Waals surface area contributed by atoms with E-state index in [4.69, 9.17) is 9.90 Å². The maximum absolute atomic E-state index is 12.1. The Hall–Kier alpha value is -2.16. The molecule has 9 heteroatoms. The lowest BCUT2D eigenvalue weighted by Crippen LogP contribution is -2.42. The second-order valence-corrected chi connectivity index (χ2v) is 6.12. The van der Waals surface area contributed by atoms with E-state index in [1.54, 1.807) is 11.2 Å². The number of carbonyl (C=O) groups excluding carboxylic acids is 1. The number of carboxylic acid groups (broad SMARTS) is 1. The lowest BCUT2D eigenvalue weighted by molar-refractivity contribution is -0.122. The van der Waals surface area contributed by atoms with Gasteiger partial charge in [0.2, 0.25) is 0 Å². The van der Waals surface area contributed by atoms with Crippen molar-refractivity contribution in [3.05, 3.63) is 12.2 Å². The highest BCUT2D eigenvalue weighted by Crippen LogP contribution is 2.09. The molecule has 142 valence electrons. The molecule has 1 aliphatic heterocycles. The topological polar surface area (TPSA) is 104 Å². The minimum atomic E-state index is -0.250. The smallest absolute Gasteiger partial charge is 0.317 e. The van der Waals surface area contributed by atoms with Crippen molar-refractivity contribution in [2.45, 2.75) is 32.1 Å². The van der Waals surface area contributed by atoms with Gasteiger partial charge in [0.25, 0.3) is 6.47 Å². The minimum absolute atomic E-state index is 0.0167. The molecule has 1 aromatic rings. The van der Waals surface area contributed by atoms with Gasteiger partial charge in [-0.3, -0.25) is 4.79 Å². The number of likely N-dealkylation sites (tertiary alicyclic amines) is 1. The number of nitrogens with one attached hydrogen (secondary N) is 1. The van der Waals surface area contributed by atoms with Gasteiger partial charge in [0.15, 0.2) is 0 Å². The van der Waals surface area contributed by atoms with Crippen LogP contribution in [0.4, 0.5) is 4.79 Å². The molecule has 0 aromatic carbocycles. The van der Waals surface area contributed by atoms with E-state index < -0.39 is 0 Å². The predicted octanol–water partition coefficient (Wildman–Crippen LogP) is 0.576. The minimum Gasteiger partial charge on any atom is -0.483 e. The summed E-state index contributed by atoms with van der Waals surface area (Å²) >= 11 is 0. The number of amides is 2. The van der Waals surface area contributed by atoms with Crippen LogP contribution in [0.3, 0.4) is 0 Å². The number of urea groups is 1. The molecule has 9 nitrogen and oxygen atoms in total. The highest BCUT2D eigenvalue weighted by atomic mass is 16.3. The fourth-order valence-corrected chi connectivity index (χ4v) is 2.70. The van der Waals surface area contributed by atoms with E-state index in [1.807, 2.05) is 18.7 Å². The SMILES string of the molecule is CN(CCN1CCCCCC1)C(=O)NCCc1nncn1C.O=CO. The molecule has 0 radical (unpaired) electrons. The summed E-state index contributed by atoms with van der Waals surface area (Å²) in [5.41, 5.74) is 0. The van der Waals surface area contributed by atoms with Gasteiger partial charge in [0.05, 0.1) is 0 Å². The fourth-order valence-electron chi connectivity index (χ4n) is 2.70. The zero-order valence-corrected chi connectivity index (χ0v) is 15.2. The molecule has 1 fully saturated rings. The van der Waals surface area contributed by atoms with Gasteiger partial charge in [-0.25, -0.2) is 4.79 Å². The molecule has 25 heavy (non-hydrogen) atoms. The third kappa shape index (κ3) is 8.48. The van der Waals surface area contributed by atoms with Crippen LogP contribution in [0.5, 0.6) is 0 Å². The van der Waals surface area contributed by atoms with Gasteiger partial charge in [-0.15, -0.1) is 10.2 Å². The van der Waals surface area contributed by atoms with Gasteiger partial charge in [-0.05, 0) is 25.9 Å². The highest BCUT2D eigenvalue weighted by molar-refractivity contribution is 5.73. The van der Waals surface area contributed by atoms with Crippen molar-refractivity contribution in [1.82, 2.24) is 29.9 Å². The summed E-state index contributed by atoms with van der Waals surface area (Å²) in [7, 11) is 3.76. The van der Waals surface area contributed by atoms with Gasteiger partial charge in [0.1, 0.15) is 12.2 Å². The third-order valence-electron chi connectivity index (χ3n) is 4.23. The first-order valence-corrected chi connectivity index (χ1v) is 8.70. The van der Waals surface area contributed by atoms with E-state index in [0.717, 1.165) is 18.9 Å². The zero-order valence-electron chi connectivity index (χ0n) is 15.2. The van der Waals surface area contributed by atoms with Gasteiger partial charge in [0, 0.05) is 40.2 Å². The Balaban J connectivity index is 0.000000970. The Kier molecular flexibility index (Phi) is 10.2. The number of likely N-dealkylation sites (N-methyl/N-ethyl adjacent to an activating group) is 1. The molecule has 2 N–H and O–H groups in total. The van der Waals surface area contributed by atoms with Gasteiger partial charge >= 0.3 is 6.03 Å². The van der Waals surface area contributed by atoms with E-state index >= 15 is 0 Å². The van der Waals surface area contributed by atoms with Crippen LogP contribution in [-0.4, -0.2) is 81.9 Å². The van der Waals surface area contributed by atoms with Crippen LogP contribution in [0.15, 0.2) is 6.33 Å². The molecular weight excluding hydrogens is 324 g/mol. The molecule has 0 unspecified atom stereocenters. The highest BCUT2D eigenvalue weighted by Gasteiger charge is 2.12. The Bertz CT molecular complexity index is 500. The first-order chi connectivity index (χ1) is 12.1. The molecule has 0 spiro atoms. The number of nitrogens with zero attached hydrogens (tertiary/aromatic N) is 5. The normalized spacial score (nSPS) is 14.8. The van der Waals surface area contributed by atoms with E-state index in [1.165, 1.54) is 38.8 Å². The largest absolute Gasteiger partial charge is 0.483 e. The van der Waals surface area contributed by atoms with Crippen molar-refractivity contribution in [2.24, 2.45) is 7.05 Å². The second-order valence-electron chi connectivity index (χ2n) is 6.12. The van der Waals surface area contributed by atoms with Gasteiger partial charge in [-0.1, -0.05) is 12.8 Å². The molecule has 0 atom stereocenters. The summed E-state index contributed by atoms with van der Waals surface area (Å²) in [5, 5.41) is 17.7. The zero-order chi connectivity index (χ0) is 18.5. The summed E-state index contributed by atoms with van der Waals surface area (Å²) in [6.07, 6.45) is 7.62. The van der Waals surface area contributed by atoms with Crippen LogP contribution < -0.4 is 5.32 Å². The fraction of sp³-hybridized carbons (Fsp3) is 0.750. The Morgan fingerprint density at radius 1 is 1.36 bits per heavy atom. The lowest BCUT2D eigenvalue weighted by Gasteiger charge is -2.24. The van der Waals surface area contributed by atoms with Crippen LogP contribution in [0.2, 0.25) is 0 Å². The first-order valence-electron chi connectivity index (χ1n) is 8.70. The standard InChI is InChI=1S/C15H28N6O.CH2O2/c1-19(11-12-21-9-5-3-4-6-10-21)15(22)16-8-7-14-18-17-13-20(14)2;2-1-3/h13H,3-12H2,1-2H3,(H,16,22);1H,(H,2,3). The van der Waals surface area contributed by atoms with E-state index in [2.05, 4.69) is 20.4 Å². The first kappa shape index (κ1) is 20.9. The number of hydrogen-bond donors (Lipinski definition) is 2. The van der Waals surface area contributed by atoms with Crippen molar-refractivity contribution in [3.8, 4) is 0 Å². The van der Waals surface area contributed by atoms with Gasteiger partial charge < -0.3 is 24.8 Å². The number of carbonyl (C=O) groups is 2. The molecule has 2 heterocycles. The predicted molar refractivity (Wildman–Crippen MR) is 94.3 cm³/mol. The lowest BCUT2D eigenvalue weighted by atomic mass is 10.2. The van der Waals surface area contributed by atoms with Crippen LogP contribution in [0, 0.1) is 0 Å². The molecule has 2 amide bonds. The second kappa shape index (κ2) is 12.2. The molecule has 1 aliphatic rings. The van der Waals surface area contributed by atoms with Crippen LogP contribution >= 0.6 is 0 Å². The summed E-state index contributed by atoms with van der Waals surface area (Å²) in [6.45, 7) is 4.41. The van der Waals surface area contributed by atoms with Gasteiger partial charge in [-0.2, -0.15) is 0 Å². The molecule has 1 aromatic heterocycles. The average Bonchev–Trinajstić information content (AvgIpc) is 2.85. The van der Waals surface area contributed by atoms with Crippen LogP contribution in [0.25, 0.3) is 0 Å². The van der Waals surface area contributed by atoms with Crippen LogP contribution in [-0.2, 0) is 18.3 Å². The van der Waals surface area contributed by atoms with Crippen molar-refractivity contribution < 1.29 is 14.7 Å². The summed E-state index contributed by atoms with van der Waals surface area (Å²) < 4.78 is 1.87. The molecule has 0 bridgehead atoms. The number of rotatable bonds is 6. The molecule has 0 saturated carbocycles. The molecule has 0 aliphatic carbocycles. The summed E-state index contributed by atoms with van der Waals surface area (Å²) in [4.78, 5) is 24.6. The van der Waals surface area contributed by atoms with E-state index in [0.29, 0.717) is 13.0 Å². The monoisotopic (exact) mass is 354 g/mol. The molecule has 2 rings (SSSR count). The van der Waals surface area contributed by atoms with Crippen molar-refractivity contribution in [1.29, 1.82) is 0 Å². The van der Waals surface area contributed by atoms with Crippen molar-refractivity contribution in [3.63, 3.8) is 0 Å². The average molecular weight is 354 g/mol. The number of hydrogen-bond acceptors (Lipinski definition) is 5. The number of aromatic nitrogens is 3. The summed E-state index contributed by atoms with van der Waals surface area (Å²) in [5.74, 6) is 0.882. The number of aryl methyl sites for hydroxylation is 1. The summed E-state index contributed by atoms with van der Waals surface area (Å²) in [6, 6.07) is -0.0167. The maximum Gasteiger partial charge on any atom is 0.317 e. The molecule has 1 saturated heterocycles. The Morgan fingerprint density at radius 3 is 2.56 bits per heavy atom. The van der Waals surface area contributed by atoms with Crippen LogP contribution in [0.1, 0.15) is 31.5 Å². The molecular formula is C16H30N6O3. The Labute approximate surface area is 149 Å². The quantitative estimate of drug-likeness (QED) is 0.724. The van der Waals surface area contributed by atoms with E-state index in [-0.39, 0.29) is 12.5 Å².